The Morgan fingerprint density at radius 1 is 1.33 bits per heavy atom. The van der Waals surface area contributed by atoms with Gasteiger partial charge in [0.2, 0.25) is 0 Å². The van der Waals surface area contributed by atoms with E-state index in [2.05, 4.69) is 5.32 Å². The van der Waals surface area contributed by atoms with Gasteiger partial charge in [-0.1, -0.05) is 18.2 Å². The van der Waals surface area contributed by atoms with Crippen LogP contribution in [0.3, 0.4) is 0 Å². The molecule has 4 nitrogen and oxygen atoms in total. The lowest BCUT2D eigenvalue weighted by molar-refractivity contribution is 0.0192. The van der Waals surface area contributed by atoms with E-state index in [1.807, 2.05) is 24.3 Å². The molecule has 78 valence electrons. The van der Waals surface area contributed by atoms with Crippen molar-refractivity contribution < 1.29 is 14.3 Å². The normalized spacial score (nSPS) is 27.9. The van der Waals surface area contributed by atoms with Crippen LogP contribution in [-0.2, 0) is 10.3 Å². The summed E-state index contributed by atoms with van der Waals surface area (Å²) in [5, 5.41) is 2.70. The molecule has 2 aliphatic rings. The van der Waals surface area contributed by atoms with E-state index in [1.54, 1.807) is 0 Å². The summed E-state index contributed by atoms with van der Waals surface area (Å²) in [6, 6.07) is 7.71. The van der Waals surface area contributed by atoms with Crippen LogP contribution in [0.25, 0.3) is 0 Å². The molecule has 1 amide bonds. The van der Waals surface area contributed by atoms with E-state index in [9.17, 15) is 4.79 Å². The molecule has 2 aliphatic heterocycles. The number of rotatable bonds is 0. The number of hydrogen-bond acceptors (Lipinski definition) is 3. The summed E-state index contributed by atoms with van der Waals surface area (Å²) in [4.78, 5) is 11.2. The lowest BCUT2D eigenvalue weighted by Crippen LogP contribution is -2.36. The van der Waals surface area contributed by atoms with Gasteiger partial charge < -0.3 is 14.8 Å². The van der Waals surface area contributed by atoms with Gasteiger partial charge in [0.25, 0.3) is 0 Å². The van der Waals surface area contributed by atoms with Crippen LogP contribution in [0.15, 0.2) is 24.3 Å². The first-order valence-electron chi connectivity index (χ1n) is 4.99. The number of para-hydroxylation sites is 1. The molecule has 1 atom stereocenters. The maximum absolute atomic E-state index is 11.2. The third-order valence-electron chi connectivity index (χ3n) is 2.95. The van der Waals surface area contributed by atoms with Crippen LogP contribution in [0.2, 0.25) is 0 Å². The standard InChI is InChI=1S/C11H11NO3/c13-10-12-7-11(15-10)5-6-14-9-4-2-1-3-8(9)11/h1-4H,5-7H2,(H,12,13)/t11-/m0/s1. The molecule has 4 heteroatoms. The number of nitrogens with one attached hydrogen (secondary N) is 1. The Balaban J connectivity index is 2.09. The van der Waals surface area contributed by atoms with Gasteiger partial charge in [0, 0.05) is 12.0 Å². The fourth-order valence-electron chi connectivity index (χ4n) is 2.18. The van der Waals surface area contributed by atoms with Gasteiger partial charge >= 0.3 is 6.09 Å². The molecule has 1 saturated heterocycles. The van der Waals surface area contributed by atoms with E-state index in [1.165, 1.54) is 0 Å². The van der Waals surface area contributed by atoms with Crippen molar-refractivity contribution in [3.63, 3.8) is 0 Å². The predicted molar refractivity (Wildman–Crippen MR) is 52.7 cm³/mol. The molecule has 1 aromatic carbocycles. The van der Waals surface area contributed by atoms with Gasteiger partial charge in [0.15, 0.2) is 5.60 Å². The van der Waals surface area contributed by atoms with Crippen molar-refractivity contribution >= 4 is 6.09 Å². The van der Waals surface area contributed by atoms with Crippen molar-refractivity contribution in [3.05, 3.63) is 29.8 Å². The molecule has 1 fully saturated rings. The largest absolute Gasteiger partial charge is 0.493 e. The van der Waals surface area contributed by atoms with Gasteiger partial charge in [0.1, 0.15) is 5.75 Å². The van der Waals surface area contributed by atoms with Gasteiger partial charge in [-0.3, -0.25) is 0 Å². The van der Waals surface area contributed by atoms with Gasteiger partial charge in [-0.25, -0.2) is 4.79 Å². The molecule has 0 aliphatic carbocycles. The quantitative estimate of drug-likeness (QED) is 0.696. The minimum absolute atomic E-state index is 0.341. The first kappa shape index (κ1) is 8.59. The maximum atomic E-state index is 11.2. The average Bonchev–Trinajstić information content (AvgIpc) is 2.62. The van der Waals surface area contributed by atoms with Crippen LogP contribution < -0.4 is 10.1 Å². The summed E-state index contributed by atoms with van der Waals surface area (Å²) in [6.07, 6.45) is 0.370. The molecule has 1 aromatic rings. The molecule has 0 aromatic heterocycles. The highest BCUT2D eigenvalue weighted by molar-refractivity contribution is 5.71. The predicted octanol–water partition coefficient (Wildman–Crippen LogP) is 1.40. The minimum atomic E-state index is -0.508. The average molecular weight is 205 g/mol. The van der Waals surface area contributed by atoms with Gasteiger partial charge in [-0.15, -0.1) is 0 Å². The lowest BCUT2D eigenvalue weighted by atomic mass is 9.88. The van der Waals surface area contributed by atoms with E-state index >= 15 is 0 Å². The van der Waals surface area contributed by atoms with Crippen molar-refractivity contribution in [2.24, 2.45) is 0 Å². The number of hydrogen-bond donors (Lipinski definition) is 1. The van der Waals surface area contributed by atoms with Crippen molar-refractivity contribution in [1.29, 1.82) is 0 Å². The van der Waals surface area contributed by atoms with Crippen LogP contribution in [0.1, 0.15) is 12.0 Å². The number of amides is 1. The smallest absolute Gasteiger partial charge is 0.408 e. The Morgan fingerprint density at radius 3 is 3.00 bits per heavy atom. The van der Waals surface area contributed by atoms with Crippen molar-refractivity contribution in [1.82, 2.24) is 5.32 Å². The minimum Gasteiger partial charge on any atom is -0.493 e. The van der Waals surface area contributed by atoms with Crippen molar-refractivity contribution in [3.8, 4) is 5.75 Å². The van der Waals surface area contributed by atoms with Crippen LogP contribution >= 0.6 is 0 Å². The van der Waals surface area contributed by atoms with Crippen LogP contribution in [0.4, 0.5) is 4.79 Å². The number of ether oxygens (including phenoxy) is 2. The van der Waals surface area contributed by atoms with Crippen LogP contribution in [-0.4, -0.2) is 19.2 Å². The van der Waals surface area contributed by atoms with E-state index in [4.69, 9.17) is 9.47 Å². The third kappa shape index (κ3) is 1.17. The molecule has 0 unspecified atom stereocenters. The highest BCUT2D eigenvalue weighted by Crippen LogP contribution is 2.41. The summed E-state index contributed by atoms with van der Waals surface area (Å²) in [7, 11) is 0. The molecule has 1 spiro atoms. The summed E-state index contributed by atoms with van der Waals surface area (Å²) in [5.41, 5.74) is 0.459. The molecule has 15 heavy (non-hydrogen) atoms. The molecule has 0 bridgehead atoms. The van der Waals surface area contributed by atoms with E-state index in [0.717, 1.165) is 11.3 Å². The van der Waals surface area contributed by atoms with Crippen molar-refractivity contribution in [2.45, 2.75) is 12.0 Å². The molecule has 0 radical (unpaired) electrons. The molecule has 1 N–H and O–H groups in total. The van der Waals surface area contributed by atoms with Gasteiger partial charge in [-0.05, 0) is 6.07 Å². The number of carbonyl (C=O) groups excluding carboxylic acids is 1. The second kappa shape index (κ2) is 2.89. The molecule has 3 rings (SSSR count). The van der Waals surface area contributed by atoms with E-state index in [0.29, 0.717) is 19.6 Å². The summed E-state index contributed by atoms with van der Waals surface area (Å²) in [5.74, 6) is 0.820. The first-order valence-corrected chi connectivity index (χ1v) is 4.99. The Labute approximate surface area is 87.2 Å². The van der Waals surface area contributed by atoms with Crippen LogP contribution in [0.5, 0.6) is 5.75 Å². The zero-order valence-electron chi connectivity index (χ0n) is 8.16. The second-order valence-electron chi connectivity index (χ2n) is 3.83. The first-order chi connectivity index (χ1) is 7.30. The van der Waals surface area contributed by atoms with Gasteiger partial charge in [0.05, 0.1) is 13.2 Å². The fraction of sp³-hybridized carbons (Fsp3) is 0.364. The fourth-order valence-corrected chi connectivity index (χ4v) is 2.18. The summed E-state index contributed by atoms with van der Waals surface area (Å²) >= 11 is 0. The Bertz CT molecular complexity index is 418. The van der Waals surface area contributed by atoms with Gasteiger partial charge in [-0.2, -0.15) is 0 Å². The SMILES string of the molecule is O=C1NC[C@]2(CCOc3ccccc32)O1. The van der Waals surface area contributed by atoms with Crippen LogP contribution in [0, 0.1) is 0 Å². The summed E-state index contributed by atoms with van der Waals surface area (Å²) < 4.78 is 10.9. The highest BCUT2D eigenvalue weighted by atomic mass is 16.6. The van der Waals surface area contributed by atoms with E-state index < -0.39 is 5.60 Å². The third-order valence-corrected chi connectivity index (χ3v) is 2.95. The molecule has 0 saturated carbocycles. The van der Waals surface area contributed by atoms with E-state index in [-0.39, 0.29) is 6.09 Å². The second-order valence-corrected chi connectivity index (χ2v) is 3.83. The Kier molecular flexibility index (Phi) is 1.65. The number of benzene rings is 1. The maximum Gasteiger partial charge on any atom is 0.408 e. The van der Waals surface area contributed by atoms with Crippen molar-refractivity contribution in [2.75, 3.05) is 13.2 Å². The molecule has 2 heterocycles. The molecular weight excluding hydrogens is 194 g/mol. The summed E-state index contributed by atoms with van der Waals surface area (Å²) in [6.45, 7) is 1.12. The topological polar surface area (TPSA) is 47.6 Å². The highest BCUT2D eigenvalue weighted by Gasteiger charge is 2.45. The monoisotopic (exact) mass is 205 g/mol. The Morgan fingerprint density at radius 2 is 2.20 bits per heavy atom. The zero-order chi connectivity index (χ0) is 10.3. The number of fused-ring (bicyclic) bond motifs is 2. The number of carbonyl (C=O) groups is 1. The number of alkyl carbamates (subject to hydrolysis) is 1. The zero-order valence-corrected chi connectivity index (χ0v) is 8.16. The lowest BCUT2D eigenvalue weighted by Gasteiger charge is -2.32. The molecular formula is C11H11NO3. The Hall–Kier alpha value is -1.71.